The smallest absolute Gasteiger partial charge is 0.415 e. The van der Waals surface area contributed by atoms with Gasteiger partial charge in [0.2, 0.25) is 0 Å². The Hall–Kier alpha value is -1.77. The van der Waals surface area contributed by atoms with Crippen molar-refractivity contribution >= 4 is 11.8 Å². The first kappa shape index (κ1) is 12.3. The van der Waals surface area contributed by atoms with Crippen molar-refractivity contribution in [1.82, 2.24) is 0 Å². The number of carbonyl (C=O) groups is 1. The van der Waals surface area contributed by atoms with Gasteiger partial charge in [-0.1, -0.05) is 29.8 Å². The Morgan fingerprint density at radius 1 is 1.21 bits per heavy atom. The SMILES string of the molecule is CC1=C[C@@]2(C)N(c3ccccc3)C(=O)O[C@@]2(C)CC1. The van der Waals surface area contributed by atoms with E-state index in [-0.39, 0.29) is 6.09 Å². The third-order valence-electron chi connectivity index (χ3n) is 4.57. The van der Waals surface area contributed by atoms with Crippen molar-refractivity contribution < 1.29 is 9.53 Å². The summed E-state index contributed by atoms with van der Waals surface area (Å²) in [6.07, 6.45) is 3.80. The van der Waals surface area contributed by atoms with Gasteiger partial charge in [-0.25, -0.2) is 4.79 Å². The molecule has 1 amide bonds. The molecule has 19 heavy (non-hydrogen) atoms. The number of carbonyl (C=O) groups excluding carboxylic acids is 1. The van der Waals surface area contributed by atoms with Gasteiger partial charge in [0.25, 0.3) is 0 Å². The summed E-state index contributed by atoms with van der Waals surface area (Å²) in [5.74, 6) is 0. The van der Waals surface area contributed by atoms with Crippen LogP contribution in [0.1, 0.15) is 33.6 Å². The fourth-order valence-corrected chi connectivity index (χ4v) is 3.23. The molecule has 1 saturated heterocycles. The van der Waals surface area contributed by atoms with Crippen molar-refractivity contribution in [2.24, 2.45) is 0 Å². The molecule has 1 aliphatic carbocycles. The minimum Gasteiger partial charge on any atom is -0.440 e. The van der Waals surface area contributed by atoms with Crippen LogP contribution in [0.15, 0.2) is 42.0 Å². The number of allylic oxidation sites excluding steroid dienone is 1. The van der Waals surface area contributed by atoms with Crippen LogP contribution in [0.5, 0.6) is 0 Å². The number of hydrogen-bond donors (Lipinski definition) is 0. The molecule has 1 aromatic rings. The molecule has 3 nitrogen and oxygen atoms in total. The number of anilines is 1. The zero-order valence-electron chi connectivity index (χ0n) is 11.6. The summed E-state index contributed by atoms with van der Waals surface area (Å²) < 4.78 is 5.71. The lowest BCUT2D eigenvalue weighted by Crippen LogP contribution is -2.55. The zero-order valence-corrected chi connectivity index (χ0v) is 11.6. The Morgan fingerprint density at radius 3 is 2.58 bits per heavy atom. The molecule has 0 saturated carbocycles. The molecule has 1 aromatic carbocycles. The third kappa shape index (κ3) is 1.61. The fraction of sp³-hybridized carbons (Fsp3) is 0.438. The molecule has 100 valence electrons. The van der Waals surface area contributed by atoms with Crippen LogP contribution < -0.4 is 4.90 Å². The summed E-state index contributed by atoms with van der Waals surface area (Å²) in [7, 11) is 0. The van der Waals surface area contributed by atoms with Crippen LogP contribution in [0.3, 0.4) is 0 Å². The highest BCUT2D eigenvalue weighted by molar-refractivity contribution is 5.93. The maximum atomic E-state index is 12.3. The normalized spacial score (nSPS) is 33.7. The van der Waals surface area contributed by atoms with E-state index in [1.165, 1.54) is 5.57 Å². The third-order valence-corrected chi connectivity index (χ3v) is 4.57. The Balaban J connectivity index is 2.14. The Kier molecular flexibility index (Phi) is 2.49. The predicted molar refractivity (Wildman–Crippen MR) is 75.2 cm³/mol. The van der Waals surface area contributed by atoms with E-state index in [0.29, 0.717) is 0 Å². The molecule has 0 N–H and O–H groups in total. The number of para-hydroxylation sites is 1. The van der Waals surface area contributed by atoms with Crippen LogP contribution in [-0.2, 0) is 4.74 Å². The maximum absolute atomic E-state index is 12.3. The monoisotopic (exact) mass is 257 g/mol. The number of fused-ring (bicyclic) bond motifs is 1. The lowest BCUT2D eigenvalue weighted by Gasteiger charge is -2.43. The fourth-order valence-electron chi connectivity index (χ4n) is 3.23. The highest BCUT2D eigenvalue weighted by atomic mass is 16.6. The lowest BCUT2D eigenvalue weighted by molar-refractivity contribution is 0.0255. The number of benzene rings is 1. The molecule has 1 fully saturated rings. The van der Waals surface area contributed by atoms with Gasteiger partial charge in [0, 0.05) is 5.69 Å². The number of hydrogen-bond acceptors (Lipinski definition) is 2. The maximum Gasteiger partial charge on any atom is 0.415 e. The second kappa shape index (κ2) is 3.86. The molecule has 2 aliphatic rings. The second-order valence-electron chi connectivity index (χ2n) is 5.91. The Labute approximate surface area is 113 Å². The van der Waals surface area contributed by atoms with Crippen LogP contribution in [0, 0.1) is 0 Å². The molecule has 2 atom stereocenters. The van der Waals surface area contributed by atoms with E-state index < -0.39 is 11.1 Å². The van der Waals surface area contributed by atoms with Crippen LogP contribution >= 0.6 is 0 Å². The van der Waals surface area contributed by atoms with Crippen molar-refractivity contribution in [3.05, 3.63) is 42.0 Å². The van der Waals surface area contributed by atoms with Gasteiger partial charge < -0.3 is 4.74 Å². The first-order chi connectivity index (χ1) is 8.96. The molecular weight excluding hydrogens is 238 g/mol. The number of nitrogens with zero attached hydrogens (tertiary/aromatic N) is 1. The second-order valence-corrected chi connectivity index (χ2v) is 5.91. The van der Waals surface area contributed by atoms with Gasteiger partial charge in [0.15, 0.2) is 0 Å². The van der Waals surface area contributed by atoms with Crippen LogP contribution in [0.25, 0.3) is 0 Å². The predicted octanol–water partition coefficient (Wildman–Crippen LogP) is 3.90. The molecule has 3 heteroatoms. The van der Waals surface area contributed by atoms with Gasteiger partial charge >= 0.3 is 6.09 Å². The average molecular weight is 257 g/mol. The van der Waals surface area contributed by atoms with Crippen molar-refractivity contribution in [2.45, 2.75) is 44.8 Å². The topological polar surface area (TPSA) is 29.5 Å². The molecule has 1 aliphatic heterocycles. The van der Waals surface area contributed by atoms with E-state index in [0.717, 1.165) is 18.5 Å². The number of amides is 1. The van der Waals surface area contributed by atoms with E-state index in [2.05, 4.69) is 19.9 Å². The minimum atomic E-state index is -0.445. The van der Waals surface area contributed by atoms with Gasteiger partial charge in [-0.15, -0.1) is 0 Å². The Morgan fingerprint density at radius 2 is 1.89 bits per heavy atom. The first-order valence-corrected chi connectivity index (χ1v) is 6.73. The van der Waals surface area contributed by atoms with E-state index in [9.17, 15) is 4.79 Å². The molecular formula is C16H19NO2. The molecule has 0 aromatic heterocycles. The summed E-state index contributed by atoms with van der Waals surface area (Å²) in [5, 5.41) is 0. The Bertz CT molecular complexity index is 551. The van der Waals surface area contributed by atoms with E-state index >= 15 is 0 Å². The minimum absolute atomic E-state index is 0.248. The summed E-state index contributed by atoms with van der Waals surface area (Å²) in [5.41, 5.74) is 1.36. The average Bonchev–Trinajstić information content (AvgIpc) is 2.56. The van der Waals surface area contributed by atoms with Crippen molar-refractivity contribution in [2.75, 3.05) is 4.90 Å². The van der Waals surface area contributed by atoms with Crippen LogP contribution in [0.2, 0.25) is 0 Å². The van der Waals surface area contributed by atoms with Gasteiger partial charge in [-0.3, -0.25) is 4.90 Å². The summed E-state index contributed by atoms with van der Waals surface area (Å²) >= 11 is 0. The van der Waals surface area contributed by atoms with Gasteiger partial charge in [-0.05, 0) is 45.7 Å². The molecule has 0 bridgehead atoms. The lowest BCUT2D eigenvalue weighted by atomic mass is 9.73. The molecule has 0 spiro atoms. The number of ether oxygens (including phenoxy) is 1. The summed E-state index contributed by atoms with van der Waals surface area (Å²) in [6, 6.07) is 9.75. The molecule has 1 heterocycles. The molecule has 3 rings (SSSR count). The van der Waals surface area contributed by atoms with E-state index in [1.807, 2.05) is 37.3 Å². The quantitative estimate of drug-likeness (QED) is 0.714. The molecule has 0 unspecified atom stereocenters. The van der Waals surface area contributed by atoms with Gasteiger partial charge in [-0.2, -0.15) is 0 Å². The van der Waals surface area contributed by atoms with Crippen molar-refractivity contribution in [3.8, 4) is 0 Å². The highest BCUT2D eigenvalue weighted by Gasteiger charge is 2.60. The van der Waals surface area contributed by atoms with Crippen LogP contribution in [0.4, 0.5) is 10.5 Å². The van der Waals surface area contributed by atoms with Gasteiger partial charge in [0.05, 0.1) is 0 Å². The van der Waals surface area contributed by atoms with E-state index in [4.69, 9.17) is 4.74 Å². The van der Waals surface area contributed by atoms with Gasteiger partial charge in [0.1, 0.15) is 11.1 Å². The van der Waals surface area contributed by atoms with Crippen molar-refractivity contribution in [1.29, 1.82) is 0 Å². The highest BCUT2D eigenvalue weighted by Crippen LogP contribution is 2.49. The molecule has 0 radical (unpaired) electrons. The van der Waals surface area contributed by atoms with Crippen molar-refractivity contribution in [3.63, 3.8) is 0 Å². The summed E-state index contributed by atoms with van der Waals surface area (Å²) in [6.45, 7) is 6.25. The number of rotatable bonds is 1. The standard InChI is InChI=1S/C16H19NO2/c1-12-9-10-16(3)15(2,11-12)17(14(18)19-16)13-7-5-4-6-8-13/h4-8,11H,9-10H2,1-3H3/t15-,16+/m1/s1. The summed E-state index contributed by atoms with van der Waals surface area (Å²) in [4.78, 5) is 14.1. The van der Waals surface area contributed by atoms with Crippen LogP contribution in [-0.4, -0.2) is 17.2 Å². The largest absolute Gasteiger partial charge is 0.440 e. The van der Waals surface area contributed by atoms with E-state index in [1.54, 1.807) is 4.90 Å². The zero-order chi connectivity index (χ0) is 13.7. The first-order valence-electron chi connectivity index (χ1n) is 6.73.